The maximum Gasteiger partial charge on any atom is 0.244 e. The lowest BCUT2D eigenvalue weighted by molar-refractivity contribution is 0.401. The summed E-state index contributed by atoms with van der Waals surface area (Å²) in [6.07, 6.45) is 3.22. The lowest BCUT2D eigenvalue weighted by Gasteiger charge is -2.16. The summed E-state index contributed by atoms with van der Waals surface area (Å²) in [7, 11) is -2.32. The molecule has 1 aromatic heterocycles. The standard InChI is InChI=1S/C15H17ClN2O3S/c1-10-8-13(21-3)15(11(2)14(10)16)22(19,20)18-9-12-4-6-17-7-5-12/h4-8,18H,9H2,1-3H3. The highest BCUT2D eigenvalue weighted by Crippen LogP contribution is 2.34. The van der Waals surface area contributed by atoms with Gasteiger partial charge in [0.1, 0.15) is 10.6 Å². The zero-order valence-corrected chi connectivity index (χ0v) is 14.1. The molecule has 5 nitrogen and oxygen atoms in total. The quantitative estimate of drug-likeness (QED) is 0.908. The van der Waals surface area contributed by atoms with Gasteiger partial charge in [-0.1, -0.05) is 11.6 Å². The van der Waals surface area contributed by atoms with E-state index in [9.17, 15) is 8.42 Å². The average molecular weight is 341 g/mol. The van der Waals surface area contributed by atoms with Gasteiger partial charge in [-0.15, -0.1) is 0 Å². The number of halogens is 1. The third kappa shape index (κ3) is 3.40. The number of nitrogens with one attached hydrogen (secondary N) is 1. The van der Waals surface area contributed by atoms with Crippen LogP contribution in [0.3, 0.4) is 0 Å². The molecule has 0 aliphatic heterocycles. The Kier molecular flexibility index (Phi) is 5.05. The van der Waals surface area contributed by atoms with Gasteiger partial charge in [0, 0.05) is 24.0 Å². The zero-order valence-electron chi connectivity index (χ0n) is 12.6. The van der Waals surface area contributed by atoms with Gasteiger partial charge in [0.05, 0.1) is 7.11 Å². The summed E-state index contributed by atoms with van der Waals surface area (Å²) >= 11 is 6.18. The Balaban J connectivity index is 2.39. The van der Waals surface area contributed by atoms with Gasteiger partial charge in [-0.2, -0.15) is 0 Å². The smallest absolute Gasteiger partial charge is 0.244 e. The van der Waals surface area contributed by atoms with Gasteiger partial charge in [-0.25, -0.2) is 13.1 Å². The Morgan fingerprint density at radius 1 is 1.27 bits per heavy atom. The van der Waals surface area contributed by atoms with Crippen molar-refractivity contribution in [2.24, 2.45) is 0 Å². The Morgan fingerprint density at radius 3 is 2.50 bits per heavy atom. The number of benzene rings is 1. The maximum absolute atomic E-state index is 12.6. The molecule has 0 spiro atoms. The summed E-state index contributed by atoms with van der Waals surface area (Å²) in [5, 5.41) is 0.421. The van der Waals surface area contributed by atoms with E-state index in [0.29, 0.717) is 10.6 Å². The van der Waals surface area contributed by atoms with Crippen molar-refractivity contribution in [2.45, 2.75) is 25.3 Å². The molecule has 0 atom stereocenters. The second-order valence-electron chi connectivity index (χ2n) is 4.84. The SMILES string of the molecule is COc1cc(C)c(Cl)c(C)c1S(=O)(=O)NCc1ccncc1. The van der Waals surface area contributed by atoms with E-state index >= 15 is 0 Å². The molecule has 0 aliphatic carbocycles. The fourth-order valence-corrected chi connectivity index (χ4v) is 3.76. The summed E-state index contributed by atoms with van der Waals surface area (Å²) in [4.78, 5) is 3.97. The first-order chi connectivity index (χ1) is 10.4. The van der Waals surface area contributed by atoms with E-state index in [0.717, 1.165) is 11.1 Å². The van der Waals surface area contributed by atoms with E-state index in [1.807, 2.05) is 0 Å². The van der Waals surface area contributed by atoms with Crippen LogP contribution in [0, 0.1) is 13.8 Å². The first kappa shape index (κ1) is 16.7. The van der Waals surface area contributed by atoms with Gasteiger partial charge < -0.3 is 4.74 Å². The molecule has 0 amide bonds. The number of aromatic nitrogens is 1. The molecule has 1 aromatic carbocycles. The summed E-state index contributed by atoms with van der Waals surface area (Å²) in [5.41, 5.74) is 2.05. The van der Waals surface area contributed by atoms with Crippen molar-refractivity contribution in [3.05, 3.63) is 52.3 Å². The van der Waals surface area contributed by atoms with E-state index in [-0.39, 0.29) is 17.2 Å². The topological polar surface area (TPSA) is 68.3 Å². The number of sulfonamides is 1. The van der Waals surface area contributed by atoms with Gasteiger partial charge in [0.15, 0.2) is 0 Å². The summed E-state index contributed by atoms with van der Waals surface area (Å²) in [5.74, 6) is 0.279. The number of ether oxygens (including phenoxy) is 1. The van der Waals surface area contributed by atoms with Crippen molar-refractivity contribution in [3.8, 4) is 5.75 Å². The largest absolute Gasteiger partial charge is 0.495 e. The van der Waals surface area contributed by atoms with Crippen LogP contribution in [0.2, 0.25) is 5.02 Å². The van der Waals surface area contributed by atoms with Crippen LogP contribution < -0.4 is 9.46 Å². The van der Waals surface area contributed by atoms with E-state index in [1.54, 1.807) is 44.4 Å². The van der Waals surface area contributed by atoms with Crippen molar-refractivity contribution >= 4 is 21.6 Å². The van der Waals surface area contributed by atoms with E-state index in [4.69, 9.17) is 16.3 Å². The Labute approximate surface area is 135 Å². The Morgan fingerprint density at radius 2 is 1.91 bits per heavy atom. The van der Waals surface area contributed by atoms with E-state index in [2.05, 4.69) is 9.71 Å². The predicted molar refractivity (Wildman–Crippen MR) is 85.7 cm³/mol. The molecule has 7 heteroatoms. The first-order valence-corrected chi connectivity index (χ1v) is 8.45. The summed E-state index contributed by atoms with van der Waals surface area (Å²) in [6, 6.07) is 5.11. The normalized spacial score (nSPS) is 11.5. The first-order valence-electron chi connectivity index (χ1n) is 6.59. The van der Waals surface area contributed by atoms with E-state index < -0.39 is 10.0 Å². The van der Waals surface area contributed by atoms with Crippen LogP contribution in [0.1, 0.15) is 16.7 Å². The molecular formula is C15H17ClN2O3S. The monoisotopic (exact) mass is 340 g/mol. The third-order valence-electron chi connectivity index (χ3n) is 3.29. The average Bonchev–Trinajstić information content (AvgIpc) is 2.51. The molecular weight excluding hydrogens is 324 g/mol. The highest BCUT2D eigenvalue weighted by Gasteiger charge is 2.24. The van der Waals surface area contributed by atoms with Gasteiger partial charge in [-0.05, 0) is 48.7 Å². The Hall–Kier alpha value is -1.63. The van der Waals surface area contributed by atoms with Crippen LogP contribution in [0.4, 0.5) is 0 Å². The molecule has 0 saturated heterocycles. The molecule has 0 aliphatic rings. The van der Waals surface area contributed by atoms with Gasteiger partial charge in [-0.3, -0.25) is 4.98 Å². The minimum Gasteiger partial charge on any atom is -0.495 e. The second kappa shape index (κ2) is 6.64. The van der Waals surface area contributed by atoms with Gasteiger partial charge in [0.25, 0.3) is 0 Å². The molecule has 1 heterocycles. The molecule has 2 aromatic rings. The summed E-state index contributed by atoms with van der Waals surface area (Å²) < 4.78 is 33.0. The number of hydrogen-bond donors (Lipinski definition) is 1. The number of rotatable bonds is 5. The number of hydrogen-bond acceptors (Lipinski definition) is 4. The predicted octanol–water partition coefficient (Wildman–Crippen LogP) is 2.84. The van der Waals surface area contributed by atoms with Gasteiger partial charge >= 0.3 is 0 Å². The van der Waals surface area contributed by atoms with Crippen LogP contribution in [0.25, 0.3) is 0 Å². The Bertz CT molecular complexity index is 777. The van der Waals surface area contributed by atoms with Crippen LogP contribution >= 0.6 is 11.6 Å². The van der Waals surface area contributed by atoms with Crippen LogP contribution in [-0.2, 0) is 16.6 Å². The molecule has 0 radical (unpaired) electrons. The zero-order chi connectivity index (χ0) is 16.3. The molecule has 0 unspecified atom stereocenters. The van der Waals surface area contributed by atoms with Crippen molar-refractivity contribution in [1.29, 1.82) is 0 Å². The van der Waals surface area contributed by atoms with Crippen LogP contribution in [0.5, 0.6) is 5.75 Å². The molecule has 0 bridgehead atoms. The number of methoxy groups -OCH3 is 1. The van der Waals surface area contributed by atoms with Crippen LogP contribution in [-0.4, -0.2) is 20.5 Å². The highest BCUT2D eigenvalue weighted by molar-refractivity contribution is 7.89. The molecule has 0 saturated carbocycles. The minimum absolute atomic E-state index is 0.0691. The van der Waals surface area contributed by atoms with Crippen LogP contribution in [0.15, 0.2) is 35.5 Å². The van der Waals surface area contributed by atoms with Crippen molar-refractivity contribution in [1.82, 2.24) is 9.71 Å². The fraction of sp³-hybridized carbons (Fsp3) is 0.267. The number of pyridine rings is 1. The highest BCUT2D eigenvalue weighted by atomic mass is 35.5. The van der Waals surface area contributed by atoms with Crippen molar-refractivity contribution < 1.29 is 13.2 Å². The number of aryl methyl sites for hydroxylation is 1. The van der Waals surface area contributed by atoms with Crippen molar-refractivity contribution in [3.63, 3.8) is 0 Å². The number of nitrogens with zero attached hydrogens (tertiary/aromatic N) is 1. The minimum atomic E-state index is -3.75. The lowest BCUT2D eigenvalue weighted by Crippen LogP contribution is -2.24. The molecule has 22 heavy (non-hydrogen) atoms. The molecule has 2 rings (SSSR count). The molecule has 0 fully saturated rings. The van der Waals surface area contributed by atoms with E-state index in [1.165, 1.54) is 7.11 Å². The second-order valence-corrected chi connectivity index (χ2v) is 6.93. The maximum atomic E-state index is 12.6. The molecule has 118 valence electrons. The van der Waals surface area contributed by atoms with Gasteiger partial charge in [0.2, 0.25) is 10.0 Å². The van der Waals surface area contributed by atoms with Crippen molar-refractivity contribution in [2.75, 3.05) is 7.11 Å². The lowest BCUT2D eigenvalue weighted by atomic mass is 10.1. The molecule has 1 N–H and O–H groups in total. The summed E-state index contributed by atoms with van der Waals surface area (Å²) in [6.45, 7) is 3.64. The fourth-order valence-electron chi connectivity index (χ4n) is 2.14. The third-order valence-corrected chi connectivity index (χ3v) is 5.44.